The maximum atomic E-state index is 3.66. The van der Waals surface area contributed by atoms with Crippen LogP contribution in [0.2, 0.25) is 0 Å². The molecule has 0 aromatic rings. The van der Waals surface area contributed by atoms with Crippen molar-refractivity contribution in [3.63, 3.8) is 0 Å². The van der Waals surface area contributed by atoms with Gasteiger partial charge in [-0.05, 0) is 64.4 Å². The molecule has 0 radical (unpaired) electrons. The summed E-state index contributed by atoms with van der Waals surface area (Å²) in [7, 11) is 2.32. The molecule has 1 rings (SSSR count). The molecule has 20 heavy (non-hydrogen) atoms. The quantitative estimate of drug-likeness (QED) is 0.775. The van der Waals surface area contributed by atoms with Gasteiger partial charge in [0.1, 0.15) is 0 Å². The van der Waals surface area contributed by atoms with E-state index in [1.807, 2.05) is 0 Å². The minimum absolute atomic E-state index is 0.350. The maximum Gasteiger partial charge on any atom is 0.0128 e. The number of piperidine rings is 1. The molecule has 0 aromatic carbocycles. The van der Waals surface area contributed by atoms with E-state index in [1.165, 1.54) is 45.4 Å². The first-order valence-corrected chi connectivity index (χ1v) is 8.54. The van der Waals surface area contributed by atoms with Crippen molar-refractivity contribution in [1.29, 1.82) is 0 Å². The fourth-order valence-corrected chi connectivity index (χ4v) is 3.28. The summed E-state index contributed by atoms with van der Waals surface area (Å²) >= 11 is 0. The molecule has 3 nitrogen and oxygen atoms in total. The average molecular weight is 284 g/mol. The Kier molecular flexibility index (Phi) is 7.49. The normalized spacial score (nSPS) is 20.6. The fourth-order valence-electron chi connectivity index (χ4n) is 3.28. The average Bonchev–Trinajstić information content (AvgIpc) is 2.42. The van der Waals surface area contributed by atoms with Crippen LogP contribution in [0.25, 0.3) is 0 Å². The smallest absolute Gasteiger partial charge is 0.0128 e. The first-order valence-electron chi connectivity index (χ1n) is 8.54. The van der Waals surface area contributed by atoms with Crippen LogP contribution in [0.4, 0.5) is 0 Å². The predicted octanol–water partition coefficient (Wildman–Crippen LogP) is 2.82. The molecule has 1 aliphatic heterocycles. The predicted molar refractivity (Wildman–Crippen MR) is 89.3 cm³/mol. The molecular weight excluding hydrogens is 246 g/mol. The van der Waals surface area contributed by atoms with Gasteiger partial charge in [0.25, 0.3) is 0 Å². The van der Waals surface area contributed by atoms with Crippen molar-refractivity contribution >= 4 is 0 Å². The number of hydrogen-bond donors (Lipinski definition) is 1. The number of hydrogen-bond acceptors (Lipinski definition) is 3. The third-order valence-corrected chi connectivity index (χ3v) is 4.89. The van der Waals surface area contributed by atoms with Crippen molar-refractivity contribution in [2.75, 3.05) is 39.8 Å². The molecule has 0 amide bonds. The van der Waals surface area contributed by atoms with E-state index in [2.05, 4.69) is 56.8 Å². The monoisotopic (exact) mass is 283 g/mol. The topological polar surface area (TPSA) is 18.5 Å². The number of rotatable bonds is 7. The van der Waals surface area contributed by atoms with Crippen molar-refractivity contribution in [2.24, 2.45) is 5.41 Å². The minimum Gasteiger partial charge on any atom is -0.314 e. The summed E-state index contributed by atoms with van der Waals surface area (Å²) in [6.45, 7) is 17.6. The van der Waals surface area contributed by atoms with Crippen molar-refractivity contribution in [3.05, 3.63) is 0 Å². The zero-order valence-corrected chi connectivity index (χ0v) is 14.7. The van der Waals surface area contributed by atoms with Crippen LogP contribution in [0, 0.1) is 5.41 Å². The lowest BCUT2D eigenvalue weighted by Gasteiger charge is -2.38. The standard InChI is InChI=1S/C17H37N3/c1-7-18-16(17(3,4)5)11-12-19(6)15-9-13-20(8-2)14-10-15/h15-16,18H,7-14H2,1-6H3. The van der Waals surface area contributed by atoms with Gasteiger partial charge in [-0.25, -0.2) is 0 Å². The molecule has 120 valence electrons. The third-order valence-electron chi connectivity index (χ3n) is 4.89. The second-order valence-corrected chi connectivity index (χ2v) is 7.41. The Morgan fingerprint density at radius 2 is 1.80 bits per heavy atom. The SMILES string of the molecule is CCNC(CCN(C)C1CCN(CC)CC1)C(C)(C)C. The molecule has 3 heteroatoms. The third kappa shape index (κ3) is 5.71. The molecule has 0 aliphatic carbocycles. The molecule has 0 saturated carbocycles. The van der Waals surface area contributed by atoms with Crippen molar-refractivity contribution in [2.45, 2.75) is 66.0 Å². The van der Waals surface area contributed by atoms with E-state index in [9.17, 15) is 0 Å². The van der Waals surface area contributed by atoms with Crippen LogP contribution in [0.1, 0.15) is 53.9 Å². The van der Waals surface area contributed by atoms with Gasteiger partial charge in [-0.2, -0.15) is 0 Å². The van der Waals surface area contributed by atoms with Gasteiger partial charge in [0.15, 0.2) is 0 Å². The molecule has 1 saturated heterocycles. The van der Waals surface area contributed by atoms with Crippen LogP contribution >= 0.6 is 0 Å². The van der Waals surface area contributed by atoms with Crippen LogP contribution in [0.15, 0.2) is 0 Å². The molecule has 1 atom stereocenters. The number of nitrogens with zero attached hydrogens (tertiary/aromatic N) is 2. The highest BCUT2D eigenvalue weighted by molar-refractivity contribution is 4.83. The van der Waals surface area contributed by atoms with Crippen LogP contribution in [0.5, 0.6) is 0 Å². The zero-order chi connectivity index (χ0) is 15.2. The molecule has 0 spiro atoms. The molecule has 1 fully saturated rings. The van der Waals surface area contributed by atoms with Gasteiger partial charge in [-0.15, -0.1) is 0 Å². The summed E-state index contributed by atoms with van der Waals surface area (Å²) in [6, 6.07) is 1.41. The molecule has 1 N–H and O–H groups in total. The molecule has 1 aliphatic rings. The minimum atomic E-state index is 0.350. The van der Waals surface area contributed by atoms with Gasteiger partial charge in [0.05, 0.1) is 0 Å². The fraction of sp³-hybridized carbons (Fsp3) is 1.00. The lowest BCUT2D eigenvalue weighted by atomic mass is 9.84. The van der Waals surface area contributed by atoms with Crippen LogP contribution < -0.4 is 5.32 Å². The summed E-state index contributed by atoms with van der Waals surface area (Å²) in [4.78, 5) is 5.17. The van der Waals surface area contributed by atoms with E-state index in [0.29, 0.717) is 11.5 Å². The Balaban J connectivity index is 2.36. The van der Waals surface area contributed by atoms with E-state index in [4.69, 9.17) is 0 Å². The summed E-state index contributed by atoms with van der Waals surface area (Å²) < 4.78 is 0. The Labute approximate surface area is 127 Å². The van der Waals surface area contributed by atoms with E-state index >= 15 is 0 Å². The molecule has 0 aromatic heterocycles. The van der Waals surface area contributed by atoms with E-state index in [0.717, 1.165) is 12.6 Å². The number of likely N-dealkylation sites (tertiary alicyclic amines) is 1. The highest BCUT2D eigenvalue weighted by Crippen LogP contribution is 2.23. The van der Waals surface area contributed by atoms with Crippen molar-refractivity contribution in [1.82, 2.24) is 15.1 Å². The largest absolute Gasteiger partial charge is 0.314 e. The summed E-state index contributed by atoms with van der Waals surface area (Å²) in [5.74, 6) is 0. The number of nitrogens with one attached hydrogen (secondary N) is 1. The van der Waals surface area contributed by atoms with Crippen molar-refractivity contribution in [3.8, 4) is 0 Å². The molecule has 0 bridgehead atoms. The Morgan fingerprint density at radius 3 is 2.25 bits per heavy atom. The summed E-state index contributed by atoms with van der Waals surface area (Å²) in [5, 5.41) is 3.66. The second kappa shape index (κ2) is 8.35. The summed E-state index contributed by atoms with van der Waals surface area (Å²) in [6.07, 6.45) is 3.93. The molecule has 1 heterocycles. The summed E-state index contributed by atoms with van der Waals surface area (Å²) in [5.41, 5.74) is 0.350. The molecule has 1 unspecified atom stereocenters. The zero-order valence-electron chi connectivity index (χ0n) is 14.7. The van der Waals surface area contributed by atoms with Gasteiger partial charge in [0.2, 0.25) is 0 Å². The Morgan fingerprint density at radius 1 is 1.20 bits per heavy atom. The van der Waals surface area contributed by atoms with E-state index in [1.54, 1.807) is 0 Å². The van der Waals surface area contributed by atoms with Gasteiger partial charge >= 0.3 is 0 Å². The Hall–Kier alpha value is -0.120. The van der Waals surface area contributed by atoms with Gasteiger partial charge in [0, 0.05) is 12.1 Å². The Bertz CT molecular complexity index is 251. The lowest BCUT2D eigenvalue weighted by molar-refractivity contribution is 0.121. The maximum absolute atomic E-state index is 3.66. The van der Waals surface area contributed by atoms with Crippen LogP contribution in [0.3, 0.4) is 0 Å². The highest BCUT2D eigenvalue weighted by Gasteiger charge is 2.26. The van der Waals surface area contributed by atoms with Gasteiger partial charge < -0.3 is 15.1 Å². The lowest BCUT2D eigenvalue weighted by Crippen LogP contribution is -2.46. The van der Waals surface area contributed by atoms with Gasteiger partial charge in [-0.1, -0.05) is 34.6 Å². The van der Waals surface area contributed by atoms with E-state index in [-0.39, 0.29) is 0 Å². The van der Waals surface area contributed by atoms with Crippen LogP contribution in [-0.4, -0.2) is 61.7 Å². The molecular formula is C17H37N3. The van der Waals surface area contributed by atoms with Gasteiger partial charge in [-0.3, -0.25) is 0 Å². The van der Waals surface area contributed by atoms with Crippen molar-refractivity contribution < 1.29 is 0 Å². The first-order chi connectivity index (χ1) is 9.38. The second-order valence-electron chi connectivity index (χ2n) is 7.41. The highest BCUT2D eigenvalue weighted by atomic mass is 15.2. The first kappa shape index (κ1) is 17.9. The van der Waals surface area contributed by atoms with E-state index < -0.39 is 0 Å². The van der Waals surface area contributed by atoms with Crippen LogP contribution in [-0.2, 0) is 0 Å².